The van der Waals surface area contributed by atoms with Crippen molar-refractivity contribution in [2.75, 3.05) is 12.0 Å². The molecule has 138 valence electrons. The van der Waals surface area contributed by atoms with Gasteiger partial charge in [-0.25, -0.2) is 0 Å². The van der Waals surface area contributed by atoms with Crippen molar-refractivity contribution in [2.24, 2.45) is 0 Å². The first-order valence-electron chi connectivity index (χ1n) is 9.11. The average Bonchev–Trinajstić information content (AvgIpc) is 2.68. The number of carbonyl (C=O) groups excluding carboxylic acids is 1. The third-order valence-corrected chi connectivity index (χ3v) is 4.61. The van der Waals surface area contributed by atoms with Crippen molar-refractivity contribution < 1.29 is 9.53 Å². The fourth-order valence-corrected chi connectivity index (χ4v) is 3.12. The summed E-state index contributed by atoms with van der Waals surface area (Å²) in [6.45, 7) is 4.61. The van der Waals surface area contributed by atoms with Gasteiger partial charge in [-0.05, 0) is 37.6 Å². The van der Waals surface area contributed by atoms with Gasteiger partial charge in [-0.3, -0.25) is 4.79 Å². The van der Waals surface area contributed by atoms with E-state index < -0.39 is 0 Å². The van der Waals surface area contributed by atoms with E-state index in [4.69, 9.17) is 4.74 Å². The normalized spacial score (nSPS) is 10.5. The standard InChI is InChI=1S/C24H25NO2/c1-18-9-12-22(13-10-18)25(17-20-7-5-4-6-8-20)24(26)16-21-15-19(2)11-14-23(21)27-3/h4-15H,16-17H2,1-3H3. The Morgan fingerprint density at radius 3 is 2.22 bits per heavy atom. The van der Waals surface area contributed by atoms with Crippen molar-refractivity contribution in [2.45, 2.75) is 26.8 Å². The Hall–Kier alpha value is -3.07. The quantitative estimate of drug-likeness (QED) is 0.614. The van der Waals surface area contributed by atoms with Crippen LogP contribution in [0.5, 0.6) is 5.75 Å². The molecule has 3 rings (SSSR count). The lowest BCUT2D eigenvalue weighted by Crippen LogP contribution is -2.31. The number of nitrogens with zero attached hydrogens (tertiary/aromatic N) is 1. The van der Waals surface area contributed by atoms with Crippen LogP contribution in [0.25, 0.3) is 0 Å². The molecular weight excluding hydrogens is 334 g/mol. The molecule has 0 fully saturated rings. The summed E-state index contributed by atoms with van der Waals surface area (Å²) in [4.78, 5) is 15.1. The van der Waals surface area contributed by atoms with Crippen molar-refractivity contribution in [3.63, 3.8) is 0 Å². The Kier molecular flexibility index (Phi) is 5.92. The number of hydrogen-bond acceptors (Lipinski definition) is 2. The molecule has 3 aromatic carbocycles. The lowest BCUT2D eigenvalue weighted by atomic mass is 10.1. The highest BCUT2D eigenvalue weighted by molar-refractivity contribution is 5.95. The van der Waals surface area contributed by atoms with E-state index in [0.29, 0.717) is 13.0 Å². The number of hydrogen-bond donors (Lipinski definition) is 0. The summed E-state index contributed by atoms with van der Waals surface area (Å²) >= 11 is 0. The average molecular weight is 359 g/mol. The summed E-state index contributed by atoms with van der Waals surface area (Å²) in [5, 5.41) is 0. The minimum atomic E-state index is 0.0478. The van der Waals surface area contributed by atoms with Crippen molar-refractivity contribution >= 4 is 11.6 Å². The Balaban J connectivity index is 1.91. The van der Waals surface area contributed by atoms with E-state index >= 15 is 0 Å². The van der Waals surface area contributed by atoms with E-state index in [0.717, 1.165) is 28.1 Å². The molecule has 1 amide bonds. The smallest absolute Gasteiger partial charge is 0.231 e. The molecule has 3 aromatic rings. The Bertz CT molecular complexity index is 901. The van der Waals surface area contributed by atoms with Gasteiger partial charge in [0.05, 0.1) is 20.1 Å². The maximum absolute atomic E-state index is 13.3. The molecule has 0 aromatic heterocycles. The molecular formula is C24H25NO2. The number of methoxy groups -OCH3 is 1. The van der Waals surface area contributed by atoms with Gasteiger partial charge in [0.2, 0.25) is 5.91 Å². The molecule has 0 saturated carbocycles. The van der Waals surface area contributed by atoms with Gasteiger partial charge < -0.3 is 9.64 Å². The summed E-state index contributed by atoms with van der Waals surface area (Å²) in [6, 6.07) is 24.1. The molecule has 27 heavy (non-hydrogen) atoms. The highest BCUT2D eigenvalue weighted by Gasteiger charge is 2.18. The van der Waals surface area contributed by atoms with Crippen molar-refractivity contribution in [1.82, 2.24) is 0 Å². The molecule has 0 bridgehead atoms. The molecule has 0 heterocycles. The van der Waals surface area contributed by atoms with Crippen LogP contribution in [-0.2, 0) is 17.8 Å². The largest absolute Gasteiger partial charge is 0.496 e. The first-order valence-corrected chi connectivity index (χ1v) is 9.11. The Morgan fingerprint density at radius 2 is 1.56 bits per heavy atom. The molecule has 0 atom stereocenters. The summed E-state index contributed by atoms with van der Waals surface area (Å²) < 4.78 is 5.45. The number of amides is 1. The monoisotopic (exact) mass is 359 g/mol. The minimum absolute atomic E-state index is 0.0478. The van der Waals surface area contributed by atoms with E-state index in [1.165, 1.54) is 5.56 Å². The maximum atomic E-state index is 13.3. The first kappa shape index (κ1) is 18.7. The topological polar surface area (TPSA) is 29.5 Å². The highest BCUT2D eigenvalue weighted by Crippen LogP contribution is 2.24. The predicted molar refractivity (Wildman–Crippen MR) is 110 cm³/mol. The van der Waals surface area contributed by atoms with Gasteiger partial charge in [0.15, 0.2) is 0 Å². The molecule has 0 unspecified atom stereocenters. The summed E-state index contributed by atoms with van der Waals surface area (Å²) in [5.74, 6) is 0.795. The van der Waals surface area contributed by atoms with Crippen LogP contribution in [0, 0.1) is 13.8 Å². The number of rotatable bonds is 6. The number of ether oxygens (including phenoxy) is 1. The third-order valence-electron chi connectivity index (χ3n) is 4.61. The van der Waals surface area contributed by atoms with Gasteiger partial charge in [0.1, 0.15) is 5.75 Å². The number of anilines is 1. The number of aryl methyl sites for hydroxylation is 2. The van der Waals surface area contributed by atoms with Gasteiger partial charge in [-0.2, -0.15) is 0 Å². The van der Waals surface area contributed by atoms with E-state index in [1.54, 1.807) is 7.11 Å². The van der Waals surface area contributed by atoms with Gasteiger partial charge in [0.25, 0.3) is 0 Å². The number of benzene rings is 3. The van der Waals surface area contributed by atoms with E-state index in [-0.39, 0.29) is 5.91 Å². The molecule has 0 spiro atoms. The lowest BCUT2D eigenvalue weighted by molar-refractivity contribution is -0.118. The molecule has 0 N–H and O–H groups in total. The van der Waals surface area contributed by atoms with Crippen molar-refractivity contribution in [3.8, 4) is 5.75 Å². The first-order chi connectivity index (χ1) is 13.1. The second-order valence-corrected chi connectivity index (χ2v) is 6.79. The number of carbonyl (C=O) groups is 1. The SMILES string of the molecule is COc1ccc(C)cc1CC(=O)N(Cc1ccccc1)c1ccc(C)cc1. The van der Waals surface area contributed by atoms with Crippen LogP contribution in [-0.4, -0.2) is 13.0 Å². The summed E-state index contributed by atoms with van der Waals surface area (Å²) in [7, 11) is 1.64. The van der Waals surface area contributed by atoms with Gasteiger partial charge in [-0.15, -0.1) is 0 Å². The zero-order valence-corrected chi connectivity index (χ0v) is 16.1. The second kappa shape index (κ2) is 8.54. The molecule has 0 aliphatic rings. The van der Waals surface area contributed by atoms with E-state index in [1.807, 2.05) is 91.5 Å². The third kappa shape index (κ3) is 4.76. The second-order valence-electron chi connectivity index (χ2n) is 6.79. The van der Waals surface area contributed by atoms with Crippen LogP contribution < -0.4 is 9.64 Å². The summed E-state index contributed by atoms with van der Waals surface area (Å²) in [5.41, 5.74) is 5.20. The molecule has 3 heteroatoms. The fraction of sp³-hybridized carbons (Fsp3) is 0.208. The highest BCUT2D eigenvalue weighted by atomic mass is 16.5. The van der Waals surface area contributed by atoms with Crippen LogP contribution >= 0.6 is 0 Å². The lowest BCUT2D eigenvalue weighted by Gasteiger charge is -2.24. The van der Waals surface area contributed by atoms with E-state index in [2.05, 4.69) is 0 Å². The predicted octanol–water partition coefficient (Wildman–Crippen LogP) is 5.09. The van der Waals surface area contributed by atoms with Crippen molar-refractivity contribution in [1.29, 1.82) is 0 Å². The van der Waals surface area contributed by atoms with E-state index in [9.17, 15) is 4.79 Å². The maximum Gasteiger partial charge on any atom is 0.231 e. The van der Waals surface area contributed by atoms with Crippen LogP contribution in [0.4, 0.5) is 5.69 Å². The fourth-order valence-electron chi connectivity index (χ4n) is 3.12. The zero-order valence-electron chi connectivity index (χ0n) is 16.1. The van der Waals surface area contributed by atoms with Gasteiger partial charge >= 0.3 is 0 Å². The van der Waals surface area contributed by atoms with Crippen LogP contribution in [0.2, 0.25) is 0 Å². The van der Waals surface area contributed by atoms with Crippen molar-refractivity contribution in [3.05, 3.63) is 95.1 Å². The molecule has 0 saturated heterocycles. The van der Waals surface area contributed by atoms with Crippen LogP contribution in [0.15, 0.2) is 72.8 Å². The van der Waals surface area contributed by atoms with Crippen LogP contribution in [0.3, 0.4) is 0 Å². The molecule has 3 nitrogen and oxygen atoms in total. The zero-order chi connectivity index (χ0) is 19.2. The molecule has 0 aliphatic carbocycles. The van der Waals surface area contributed by atoms with Gasteiger partial charge in [0, 0.05) is 11.3 Å². The Morgan fingerprint density at radius 1 is 0.889 bits per heavy atom. The molecule has 0 radical (unpaired) electrons. The Labute approximate surface area is 161 Å². The van der Waals surface area contributed by atoms with Gasteiger partial charge in [-0.1, -0.05) is 65.7 Å². The molecule has 0 aliphatic heterocycles. The minimum Gasteiger partial charge on any atom is -0.496 e. The van der Waals surface area contributed by atoms with Crippen LogP contribution in [0.1, 0.15) is 22.3 Å². The summed E-state index contributed by atoms with van der Waals surface area (Å²) in [6.07, 6.45) is 0.297.